The Morgan fingerprint density at radius 1 is 1.25 bits per heavy atom. The topological polar surface area (TPSA) is 79.0 Å². The molecule has 24 heavy (non-hydrogen) atoms. The fourth-order valence-corrected chi connectivity index (χ4v) is 2.87. The Morgan fingerprint density at radius 3 is 2.58 bits per heavy atom. The number of piperazine rings is 1. The number of methoxy groups -OCH3 is 1. The van der Waals surface area contributed by atoms with E-state index in [1.165, 1.54) is 14.0 Å². The standard InChI is InChI=1S/C17H23N3O4/c1-12(21)19-8-9-20(14(11-19)17(23)18-2)16(22)10-13-6-4-5-7-15(13)24-3/h4-7,14H,8-11H2,1-3H3,(H,18,23). The van der Waals surface area contributed by atoms with Crippen molar-refractivity contribution in [2.75, 3.05) is 33.8 Å². The largest absolute Gasteiger partial charge is 0.496 e. The number of amides is 3. The predicted octanol–water partition coefficient (Wildman–Crippen LogP) is 0.0430. The Kier molecular flexibility index (Phi) is 5.78. The quantitative estimate of drug-likeness (QED) is 0.844. The van der Waals surface area contributed by atoms with E-state index in [2.05, 4.69) is 5.32 Å². The van der Waals surface area contributed by atoms with Crippen LogP contribution in [0.15, 0.2) is 24.3 Å². The monoisotopic (exact) mass is 333 g/mol. The number of hydrogen-bond donors (Lipinski definition) is 1. The highest BCUT2D eigenvalue weighted by atomic mass is 16.5. The third kappa shape index (κ3) is 3.84. The number of rotatable bonds is 4. The summed E-state index contributed by atoms with van der Waals surface area (Å²) in [6, 6.07) is 6.64. The van der Waals surface area contributed by atoms with Gasteiger partial charge in [-0.2, -0.15) is 0 Å². The van der Waals surface area contributed by atoms with Crippen LogP contribution in [0.4, 0.5) is 0 Å². The van der Waals surface area contributed by atoms with Crippen LogP contribution in [-0.2, 0) is 20.8 Å². The number of likely N-dealkylation sites (N-methyl/N-ethyl adjacent to an activating group) is 1. The van der Waals surface area contributed by atoms with E-state index in [0.717, 1.165) is 5.56 Å². The zero-order chi connectivity index (χ0) is 17.7. The maximum absolute atomic E-state index is 12.7. The van der Waals surface area contributed by atoms with Crippen molar-refractivity contribution in [3.8, 4) is 5.75 Å². The molecule has 0 radical (unpaired) electrons. The smallest absolute Gasteiger partial charge is 0.244 e. The number of nitrogens with zero attached hydrogens (tertiary/aromatic N) is 2. The number of benzene rings is 1. The normalized spacial score (nSPS) is 17.4. The average Bonchev–Trinajstić information content (AvgIpc) is 2.60. The van der Waals surface area contributed by atoms with E-state index >= 15 is 0 Å². The van der Waals surface area contributed by atoms with Gasteiger partial charge in [0.15, 0.2) is 0 Å². The molecular formula is C17H23N3O4. The van der Waals surface area contributed by atoms with Crippen LogP contribution in [0, 0.1) is 0 Å². The Hall–Kier alpha value is -2.57. The Bertz CT molecular complexity index is 632. The number of hydrogen-bond acceptors (Lipinski definition) is 4. The summed E-state index contributed by atoms with van der Waals surface area (Å²) in [4.78, 5) is 39.6. The summed E-state index contributed by atoms with van der Waals surface area (Å²) >= 11 is 0. The molecule has 1 aliphatic rings. The minimum Gasteiger partial charge on any atom is -0.496 e. The van der Waals surface area contributed by atoms with Gasteiger partial charge in [0.1, 0.15) is 11.8 Å². The van der Waals surface area contributed by atoms with Crippen molar-refractivity contribution in [3.05, 3.63) is 29.8 Å². The maximum Gasteiger partial charge on any atom is 0.244 e. The van der Waals surface area contributed by atoms with Crippen molar-refractivity contribution >= 4 is 17.7 Å². The third-order valence-electron chi connectivity index (χ3n) is 4.23. The molecule has 2 rings (SSSR count). The van der Waals surface area contributed by atoms with Crippen LogP contribution in [0.25, 0.3) is 0 Å². The lowest BCUT2D eigenvalue weighted by Gasteiger charge is -2.40. The maximum atomic E-state index is 12.7. The SMILES string of the molecule is CNC(=O)C1CN(C(C)=O)CCN1C(=O)Cc1ccccc1OC. The molecule has 7 heteroatoms. The van der Waals surface area contributed by atoms with Crippen molar-refractivity contribution in [3.63, 3.8) is 0 Å². The molecule has 0 saturated carbocycles. The van der Waals surface area contributed by atoms with Gasteiger partial charge in [-0.25, -0.2) is 0 Å². The molecule has 0 aliphatic carbocycles. The summed E-state index contributed by atoms with van der Waals surface area (Å²) in [5.41, 5.74) is 0.773. The first-order valence-electron chi connectivity index (χ1n) is 7.86. The molecule has 1 N–H and O–H groups in total. The number of carbonyl (C=O) groups excluding carboxylic acids is 3. The molecule has 0 aromatic heterocycles. The molecule has 1 heterocycles. The van der Waals surface area contributed by atoms with Gasteiger partial charge in [-0.3, -0.25) is 14.4 Å². The van der Waals surface area contributed by atoms with E-state index in [1.807, 2.05) is 18.2 Å². The molecule has 1 aliphatic heterocycles. The predicted molar refractivity (Wildman–Crippen MR) is 88.5 cm³/mol. The van der Waals surface area contributed by atoms with Crippen LogP contribution in [0.2, 0.25) is 0 Å². The van der Waals surface area contributed by atoms with Gasteiger partial charge in [0.05, 0.1) is 20.1 Å². The van der Waals surface area contributed by atoms with Gasteiger partial charge in [-0.05, 0) is 6.07 Å². The van der Waals surface area contributed by atoms with Crippen LogP contribution in [-0.4, -0.2) is 67.4 Å². The molecule has 130 valence electrons. The Morgan fingerprint density at radius 2 is 1.96 bits per heavy atom. The molecule has 1 atom stereocenters. The van der Waals surface area contributed by atoms with Crippen molar-refractivity contribution in [1.82, 2.24) is 15.1 Å². The lowest BCUT2D eigenvalue weighted by atomic mass is 10.1. The van der Waals surface area contributed by atoms with Gasteiger partial charge < -0.3 is 19.9 Å². The molecular weight excluding hydrogens is 310 g/mol. The van der Waals surface area contributed by atoms with E-state index in [1.54, 1.807) is 23.0 Å². The highest BCUT2D eigenvalue weighted by Gasteiger charge is 2.35. The van der Waals surface area contributed by atoms with Crippen LogP contribution in [0.5, 0.6) is 5.75 Å². The Balaban J connectivity index is 2.17. The second-order valence-corrected chi connectivity index (χ2v) is 5.67. The first kappa shape index (κ1) is 17.8. The summed E-state index contributed by atoms with van der Waals surface area (Å²) in [6.45, 7) is 2.45. The minimum atomic E-state index is -0.671. The molecule has 1 unspecified atom stereocenters. The van der Waals surface area contributed by atoms with E-state index in [4.69, 9.17) is 4.74 Å². The number of ether oxygens (including phenoxy) is 1. The molecule has 1 fully saturated rings. The lowest BCUT2D eigenvalue weighted by Crippen LogP contribution is -2.61. The first-order chi connectivity index (χ1) is 11.5. The van der Waals surface area contributed by atoms with Gasteiger partial charge in [0, 0.05) is 32.6 Å². The van der Waals surface area contributed by atoms with Gasteiger partial charge in [-0.1, -0.05) is 18.2 Å². The summed E-state index contributed by atoms with van der Waals surface area (Å²) in [5, 5.41) is 2.57. The lowest BCUT2D eigenvalue weighted by molar-refractivity contribution is -0.147. The summed E-state index contributed by atoms with van der Waals surface area (Å²) in [5.74, 6) is 0.121. The number of nitrogens with one attached hydrogen (secondary N) is 1. The second kappa shape index (κ2) is 7.81. The third-order valence-corrected chi connectivity index (χ3v) is 4.23. The highest BCUT2D eigenvalue weighted by molar-refractivity contribution is 5.89. The molecule has 0 spiro atoms. The van der Waals surface area contributed by atoms with Gasteiger partial charge in [0.2, 0.25) is 17.7 Å². The van der Waals surface area contributed by atoms with Gasteiger partial charge in [-0.15, -0.1) is 0 Å². The molecule has 1 saturated heterocycles. The highest BCUT2D eigenvalue weighted by Crippen LogP contribution is 2.20. The average molecular weight is 333 g/mol. The zero-order valence-corrected chi connectivity index (χ0v) is 14.2. The van der Waals surface area contributed by atoms with Crippen LogP contribution in [0.3, 0.4) is 0 Å². The summed E-state index contributed by atoms with van der Waals surface area (Å²) < 4.78 is 5.27. The molecule has 0 bridgehead atoms. The summed E-state index contributed by atoms with van der Waals surface area (Å²) in [6.07, 6.45) is 0.150. The van der Waals surface area contributed by atoms with Gasteiger partial charge >= 0.3 is 0 Å². The minimum absolute atomic E-state index is 0.0965. The summed E-state index contributed by atoms with van der Waals surface area (Å²) in [7, 11) is 3.08. The second-order valence-electron chi connectivity index (χ2n) is 5.67. The number of para-hydroxylation sites is 1. The molecule has 1 aromatic rings. The van der Waals surface area contributed by atoms with E-state index in [0.29, 0.717) is 18.8 Å². The number of carbonyl (C=O) groups is 3. The van der Waals surface area contributed by atoms with E-state index < -0.39 is 6.04 Å². The zero-order valence-electron chi connectivity index (χ0n) is 14.2. The van der Waals surface area contributed by atoms with Crippen LogP contribution < -0.4 is 10.1 Å². The van der Waals surface area contributed by atoms with Gasteiger partial charge in [0.25, 0.3) is 0 Å². The molecule has 1 aromatic carbocycles. The van der Waals surface area contributed by atoms with Crippen LogP contribution in [0.1, 0.15) is 12.5 Å². The van der Waals surface area contributed by atoms with Crippen molar-refractivity contribution < 1.29 is 19.1 Å². The molecule has 3 amide bonds. The van der Waals surface area contributed by atoms with Crippen LogP contribution >= 0.6 is 0 Å². The van der Waals surface area contributed by atoms with E-state index in [9.17, 15) is 14.4 Å². The van der Waals surface area contributed by atoms with Crippen molar-refractivity contribution in [1.29, 1.82) is 0 Å². The van der Waals surface area contributed by atoms with Crippen molar-refractivity contribution in [2.45, 2.75) is 19.4 Å². The fraction of sp³-hybridized carbons (Fsp3) is 0.471. The Labute approximate surface area is 141 Å². The fourth-order valence-electron chi connectivity index (χ4n) is 2.87. The van der Waals surface area contributed by atoms with E-state index in [-0.39, 0.29) is 30.7 Å². The molecule has 7 nitrogen and oxygen atoms in total. The van der Waals surface area contributed by atoms with Crippen molar-refractivity contribution in [2.24, 2.45) is 0 Å². The first-order valence-corrected chi connectivity index (χ1v) is 7.86.